The van der Waals surface area contributed by atoms with Gasteiger partial charge in [0.15, 0.2) is 11.5 Å². The molecule has 0 N–H and O–H groups in total. The van der Waals surface area contributed by atoms with Crippen LogP contribution in [0, 0.1) is 0 Å². The number of amides is 1. The Morgan fingerprint density at radius 1 is 1.03 bits per heavy atom. The summed E-state index contributed by atoms with van der Waals surface area (Å²) in [7, 11) is 3.12. The number of rotatable bonds is 7. The number of nitrogens with zero attached hydrogens (tertiary/aromatic N) is 3. The molecule has 3 aromatic rings. The second kappa shape index (κ2) is 7.94. The van der Waals surface area contributed by atoms with Crippen molar-refractivity contribution in [3.05, 3.63) is 53.9 Å². The van der Waals surface area contributed by atoms with E-state index in [2.05, 4.69) is 10.1 Å². The molecule has 2 fully saturated rings. The highest BCUT2D eigenvalue weighted by molar-refractivity contribution is 5.95. The monoisotopic (exact) mass is 421 g/mol. The molecule has 1 saturated heterocycles. The number of likely N-dealkylation sites (tertiary alicyclic amines) is 1. The molecule has 8 nitrogen and oxygen atoms in total. The number of carbonyl (C=O) groups excluding carboxylic acids is 1. The lowest BCUT2D eigenvalue weighted by atomic mass is 10.1. The summed E-state index contributed by atoms with van der Waals surface area (Å²) >= 11 is 0. The van der Waals surface area contributed by atoms with Gasteiger partial charge in [0, 0.05) is 17.0 Å². The Morgan fingerprint density at radius 3 is 2.45 bits per heavy atom. The molecule has 0 radical (unpaired) electrons. The van der Waals surface area contributed by atoms with Crippen LogP contribution in [0.25, 0.3) is 11.4 Å². The predicted molar refractivity (Wildman–Crippen MR) is 112 cm³/mol. The van der Waals surface area contributed by atoms with Gasteiger partial charge in [0.2, 0.25) is 11.7 Å². The molecule has 0 spiro atoms. The highest BCUT2D eigenvalue weighted by Crippen LogP contribution is 2.39. The molecule has 2 aliphatic rings. The third-order valence-electron chi connectivity index (χ3n) is 5.55. The smallest absolute Gasteiger partial charge is 0.254 e. The molecule has 0 atom stereocenters. The van der Waals surface area contributed by atoms with E-state index < -0.39 is 0 Å². The fourth-order valence-electron chi connectivity index (χ4n) is 3.55. The van der Waals surface area contributed by atoms with Gasteiger partial charge in [-0.25, -0.2) is 0 Å². The minimum absolute atomic E-state index is 0.0402. The SMILES string of the molecule is COc1ccc(C(=O)N2CC(Oc3ccc(-c4noc(C5CC5)n4)cc3)C2)cc1OC. The van der Waals surface area contributed by atoms with Crippen LogP contribution < -0.4 is 14.2 Å². The predicted octanol–water partition coefficient (Wildman–Crippen LogP) is 3.53. The van der Waals surface area contributed by atoms with Crippen molar-refractivity contribution in [1.29, 1.82) is 0 Å². The Labute approximate surface area is 179 Å². The third-order valence-corrected chi connectivity index (χ3v) is 5.55. The first-order valence-corrected chi connectivity index (χ1v) is 10.3. The van der Waals surface area contributed by atoms with Crippen molar-refractivity contribution in [2.75, 3.05) is 27.3 Å². The Bertz CT molecular complexity index is 1080. The van der Waals surface area contributed by atoms with Gasteiger partial charge in [-0.15, -0.1) is 0 Å². The maximum absolute atomic E-state index is 12.7. The maximum Gasteiger partial charge on any atom is 0.254 e. The molecule has 1 aliphatic carbocycles. The van der Waals surface area contributed by atoms with Crippen LogP contribution in [0.1, 0.15) is 35.0 Å². The van der Waals surface area contributed by atoms with Crippen molar-refractivity contribution >= 4 is 5.91 Å². The van der Waals surface area contributed by atoms with E-state index in [-0.39, 0.29) is 12.0 Å². The van der Waals surface area contributed by atoms with E-state index in [0.29, 0.717) is 41.9 Å². The van der Waals surface area contributed by atoms with E-state index >= 15 is 0 Å². The van der Waals surface area contributed by atoms with Crippen LogP contribution in [-0.4, -0.2) is 54.4 Å². The molecule has 160 valence electrons. The van der Waals surface area contributed by atoms with E-state index in [1.807, 2.05) is 24.3 Å². The lowest BCUT2D eigenvalue weighted by molar-refractivity contribution is 0.0178. The minimum Gasteiger partial charge on any atom is -0.493 e. The molecule has 31 heavy (non-hydrogen) atoms. The molecule has 1 saturated carbocycles. The van der Waals surface area contributed by atoms with Crippen LogP contribution in [0.15, 0.2) is 47.0 Å². The fraction of sp³-hybridized carbons (Fsp3) is 0.348. The molecule has 0 unspecified atom stereocenters. The van der Waals surface area contributed by atoms with Crippen LogP contribution >= 0.6 is 0 Å². The molecule has 0 bridgehead atoms. The zero-order valence-electron chi connectivity index (χ0n) is 17.4. The fourth-order valence-corrected chi connectivity index (χ4v) is 3.55. The van der Waals surface area contributed by atoms with Crippen LogP contribution in [0.3, 0.4) is 0 Å². The number of aromatic nitrogens is 2. The van der Waals surface area contributed by atoms with Crippen LogP contribution in [-0.2, 0) is 0 Å². The summed E-state index contributed by atoms with van der Waals surface area (Å²) < 4.78 is 21.8. The zero-order chi connectivity index (χ0) is 21.4. The van der Waals surface area contributed by atoms with Gasteiger partial charge in [0.05, 0.1) is 27.3 Å². The molecule has 2 aromatic carbocycles. The van der Waals surface area contributed by atoms with Gasteiger partial charge in [-0.2, -0.15) is 4.98 Å². The summed E-state index contributed by atoms with van der Waals surface area (Å²) in [5, 5.41) is 4.06. The first-order chi connectivity index (χ1) is 15.1. The number of hydrogen-bond acceptors (Lipinski definition) is 7. The van der Waals surface area contributed by atoms with Gasteiger partial charge in [-0.3, -0.25) is 4.79 Å². The Balaban J connectivity index is 1.16. The minimum atomic E-state index is -0.0558. The number of ether oxygens (including phenoxy) is 3. The summed E-state index contributed by atoms with van der Waals surface area (Å²) in [5.74, 6) is 3.59. The third kappa shape index (κ3) is 3.93. The summed E-state index contributed by atoms with van der Waals surface area (Å²) in [6, 6.07) is 12.8. The van der Waals surface area contributed by atoms with Crippen molar-refractivity contribution in [3.8, 4) is 28.6 Å². The van der Waals surface area contributed by atoms with E-state index in [4.69, 9.17) is 18.7 Å². The molecular formula is C23H23N3O5. The first-order valence-electron chi connectivity index (χ1n) is 10.3. The first kappa shape index (κ1) is 19.4. The van der Waals surface area contributed by atoms with Crippen molar-refractivity contribution in [2.45, 2.75) is 24.9 Å². The normalized spacial score (nSPS) is 16.0. The molecular weight excluding hydrogens is 398 g/mol. The van der Waals surface area contributed by atoms with Crippen LogP contribution in [0.5, 0.6) is 17.2 Å². The molecule has 1 aromatic heterocycles. The number of benzene rings is 2. The molecule has 1 amide bonds. The van der Waals surface area contributed by atoms with E-state index in [1.165, 1.54) is 0 Å². The second-order valence-corrected chi connectivity index (χ2v) is 7.77. The van der Waals surface area contributed by atoms with Crippen molar-refractivity contribution in [1.82, 2.24) is 15.0 Å². The Morgan fingerprint density at radius 2 is 1.77 bits per heavy atom. The number of carbonyl (C=O) groups is 1. The lowest BCUT2D eigenvalue weighted by Gasteiger charge is -2.39. The zero-order valence-corrected chi connectivity index (χ0v) is 17.4. The highest BCUT2D eigenvalue weighted by Gasteiger charge is 2.33. The standard InChI is InChI=1S/C23H23N3O5/c1-28-19-10-7-16(11-20(19)29-2)23(27)26-12-18(13-26)30-17-8-5-14(6-9-17)21-24-22(31-25-21)15-3-4-15/h5-11,15,18H,3-4,12-13H2,1-2H3. The molecule has 5 rings (SSSR count). The Kier molecular flexibility index (Phi) is 4.97. The average Bonchev–Trinajstić information content (AvgIpc) is 3.52. The van der Waals surface area contributed by atoms with E-state index in [0.717, 1.165) is 30.0 Å². The van der Waals surface area contributed by atoms with Gasteiger partial charge in [-0.1, -0.05) is 5.16 Å². The van der Waals surface area contributed by atoms with Crippen molar-refractivity contribution in [3.63, 3.8) is 0 Å². The molecule has 8 heteroatoms. The van der Waals surface area contributed by atoms with Gasteiger partial charge in [0.25, 0.3) is 5.91 Å². The summed E-state index contributed by atoms with van der Waals surface area (Å²) in [5.41, 5.74) is 1.45. The van der Waals surface area contributed by atoms with Gasteiger partial charge in [-0.05, 0) is 55.3 Å². The van der Waals surface area contributed by atoms with Crippen molar-refractivity contribution < 1.29 is 23.5 Å². The van der Waals surface area contributed by atoms with E-state index in [9.17, 15) is 4.79 Å². The molecule has 1 aliphatic heterocycles. The maximum atomic E-state index is 12.7. The largest absolute Gasteiger partial charge is 0.493 e. The summed E-state index contributed by atoms with van der Waals surface area (Å²) in [6.45, 7) is 1.06. The quantitative estimate of drug-likeness (QED) is 0.577. The van der Waals surface area contributed by atoms with Gasteiger partial charge < -0.3 is 23.6 Å². The Hall–Kier alpha value is -3.55. The number of methoxy groups -OCH3 is 2. The van der Waals surface area contributed by atoms with Crippen LogP contribution in [0.2, 0.25) is 0 Å². The lowest BCUT2D eigenvalue weighted by Crippen LogP contribution is -2.56. The summed E-state index contributed by atoms with van der Waals surface area (Å²) in [4.78, 5) is 18.9. The topological polar surface area (TPSA) is 86.9 Å². The highest BCUT2D eigenvalue weighted by atomic mass is 16.5. The van der Waals surface area contributed by atoms with Gasteiger partial charge >= 0.3 is 0 Å². The van der Waals surface area contributed by atoms with Gasteiger partial charge in [0.1, 0.15) is 11.9 Å². The van der Waals surface area contributed by atoms with Crippen LogP contribution in [0.4, 0.5) is 0 Å². The number of hydrogen-bond donors (Lipinski definition) is 0. The molecule has 2 heterocycles. The summed E-state index contributed by atoms with van der Waals surface area (Å²) in [6.07, 6.45) is 2.21. The van der Waals surface area contributed by atoms with E-state index in [1.54, 1.807) is 37.3 Å². The van der Waals surface area contributed by atoms with Crippen molar-refractivity contribution in [2.24, 2.45) is 0 Å². The second-order valence-electron chi connectivity index (χ2n) is 7.77. The average molecular weight is 421 g/mol.